The molecule has 1 aliphatic carbocycles. The van der Waals surface area contributed by atoms with Gasteiger partial charge in [0, 0.05) is 12.0 Å². The Morgan fingerprint density at radius 1 is 1.25 bits per heavy atom. The van der Waals surface area contributed by atoms with E-state index in [0.29, 0.717) is 28.4 Å². The Bertz CT molecular complexity index is 706. The van der Waals surface area contributed by atoms with E-state index in [1.165, 1.54) is 0 Å². The summed E-state index contributed by atoms with van der Waals surface area (Å²) in [7, 11) is 0. The number of carbonyl (C=O) groups is 1. The summed E-state index contributed by atoms with van der Waals surface area (Å²) in [5.41, 5.74) is 0.695. The number of fused-ring (bicyclic) bond motifs is 1. The zero-order chi connectivity index (χ0) is 14.5. The summed E-state index contributed by atoms with van der Waals surface area (Å²) in [6.45, 7) is 4.02. The number of thiazole rings is 1. The maximum atomic E-state index is 13.8. The molecule has 5 heteroatoms. The van der Waals surface area contributed by atoms with Crippen molar-refractivity contribution < 1.29 is 13.6 Å². The second-order valence-corrected chi connectivity index (χ2v) is 6.86. The molecule has 1 aromatic heterocycles. The number of hydrogen-bond donors (Lipinski definition) is 0. The van der Waals surface area contributed by atoms with Crippen molar-refractivity contribution in [3.05, 3.63) is 40.4 Å². The van der Waals surface area contributed by atoms with Crippen LogP contribution in [0.25, 0.3) is 10.6 Å². The molecule has 20 heavy (non-hydrogen) atoms. The summed E-state index contributed by atoms with van der Waals surface area (Å²) < 4.78 is 27.0. The van der Waals surface area contributed by atoms with Gasteiger partial charge in [-0.3, -0.25) is 4.79 Å². The molecule has 2 nitrogen and oxygen atoms in total. The Morgan fingerprint density at radius 2 is 2.00 bits per heavy atom. The first kappa shape index (κ1) is 13.4. The third-order valence-corrected chi connectivity index (χ3v) is 4.57. The van der Waals surface area contributed by atoms with Crippen LogP contribution in [0.5, 0.6) is 0 Å². The monoisotopic (exact) mass is 293 g/mol. The number of Topliss-reactive ketones (excluding diaryl/α,β-unsaturated/α-hetero) is 1. The molecule has 0 fully saturated rings. The molecule has 0 atom stereocenters. The van der Waals surface area contributed by atoms with E-state index in [1.807, 2.05) is 13.8 Å². The van der Waals surface area contributed by atoms with Crippen LogP contribution in [-0.2, 0) is 6.42 Å². The maximum Gasteiger partial charge on any atom is 0.175 e. The van der Waals surface area contributed by atoms with Crippen molar-refractivity contribution in [3.8, 4) is 10.6 Å². The smallest absolute Gasteiger partial charge is 0.175 e. The van der Waals surface area contributed by atoms with Gasteiger partial charge < -0.3 is 0 Å². The molecule has 0 spiro atoms. The minimum absolute atomic E-state index is 0.0387. The molecule has 0 amide bonds. The predicted molar refractivity (Wildman–Crippen MR) is 73.9 cm³/mol. The Morgan fingerprint density at radius 3 is 2.75 bits per heavy atom. The Hall–Kier alpha value is -1.62. The summed E-state index contributed by atoms with van der Waals surface area (Å²) in [6.07, 6.45) is 1.15. The van der Waals surface area contributed by atoms with Crippen molar-refractivity contribution >= 4 is 17.1 Å². The van der Waals surface area contributed by atoms with Crippen molar-refractivity contribution in [2.45, 2.75) is 26.7 Å². The predicted octanol–water partition coefficient (Wildman–Crippen LogP) is 4.24. The first-order valence-electron chi connectivity index (χ1n) is 6.34. The van der Waals surface area contributed by atoms with Gasteiger partial charge in [-0.2, -0.15) is 0 Å². The van der Waals surface area contributed by atoms with Crippen LogP contribution in [0.2, 0.25) is 0 Å². The highest BCUT2D eigenvalue weighted by Crippen LogP contribution is 2.39. The standard InChI is InChI=1S/C15H13F2NOS/c1-15(2)6-11-13(12(19)7-15)20-14(18-11)9-5-8(16)3-4-10(9)17/h3-5H,6-7H2,1-2H3. The third kappa shape index (κ3) is 2.26. The van der Waals surface area contributed by atoms with Crippen molar-refractivity contribution in [2.75, 3.05) is 0 Å². The lowest BCUT2D eigenvalue weighted by atomic mass is 9.78. The molecule has 0 N–H and O–H groups in total. The van der Waals surface area contributed by atoms with Crippen molar-refractivity contribution in [1.29, 1.82) is 0 Å². The summed E-state index contributed by atoms with van der Waals surface area (Å²) in [4.78, 5) is 17.0. The average Bonchev–Trinajstić information content (AvgIpc) is 2.74. The van der Waals surface area contributed by atoms with Gasteiger partial charge in [-0.25, -0.2) is 13.8 Å². The average molecular weight is 293 g/mol. The van der Waals surface area contributed by atoms with Crippen LogP contribution in [0.3, 0.4) is 0 Å². The number of benzene rings is 1. The van der Waals surface area contributed by atoms with Gasteiger partial charge in [0.25, 0.3) is 0 Å². The number of hydrogen-bond acceptors (Lipinski definition) is 3. The molecule has 2 aromatic rings. The highest BCUT2D eigenvalue weighted by molar-refractivity contribution is 7.17. The van der Waals surface area contributed by atoms with Crippen LogP contribution in [0, 0.1) is 17.0 Å². The topological polar surface area (TPSA) is 30.0 Å². The molecule has 0 unspecified atom stereocenters. The maximum absolute atomic E-state index is 13.8. The lowest BCUT2D eigenvalue weighted by molar-refractivity contribution is 0.0916. The summed E-state index contributed by atoms with van der Waals surface area (Å²) in [5, 5.41) is 0.373. The number of ketones is 1. The molecule has 0 saturated carbocycles. The largest absolute Gasteiger partial charge is 0.293 e. The number of aromatic nitrogens is 1. The van der Waals surface area contributed by atoms with E-state index >= 15 is 0 Å². The molecule has 0 aliphatic heterocycles. The number of nitrogens with zero attached hydrogens (tertiary/aromatic N) is 1. The SMILES string of the molecule is CC1(C)CC(=O)c2sc(-c3cc(F)ccc3F)nc2C1. The minimum Gasteiger partial charge on any atom is -0.293 e. The fourth-order valence-corrected chi connectivity index (χ4v) is 3.53. The van der Waals surface area contributed by atoms with Crippen LogP contribution in [0.1, 0.15) is 35.6 Å². The molecule has 104 valence electrons. The van der Waals surface area contributed by atoms with Gasteiger partial charge in [-0.15, -0.1) is 11.3 Å². The Labute approximate surface area is 119 Å². The molecule has 1 aliphatic rings. The van der Waals surface area contributed by atoms with Crippen LogP contribution in [-0.4, -0.2) is 10.8 Å². The number of rotatable bonds is 1. The fourth-order valence-electron chi connectivity index (χ4n) is 2.50. The van der Waals surface area contributed by atoms with E-state index in [1.54, 1.807) is 0 Å². The summed E-state index contributed by atoms with van der Waals surface area (Å²) in [6, 6.07) is 3.27. The van der Waals surface area contributed by atoms with Crippen molar-refractivity contribution in [3.63, 3.8) is 0 Å². The highest BCUT2D eigenvalue weighted by atomic mass is 32.1. The molecule has 0 saturated heterocycles. The van der Waals surface area contributed by atoms with Crippen LogP contribution < -0.4 is 0 Å². The van der Waals surface area contributed by atoms with E-state index in [4.69, 9.17) is 0 Å². The van der Waals surface area contributed by atoms with Gasteiger partial charge in [-0.05, 0) is 30.0 Å². The van der Waals surface area contributed by atoms with Gasteiger partial charge >= 0.3 is 0 Å². The molecular formula is C15H13F2NOS. The minimum atomic E-state index is -0.524. The van der Waals surface area contributed by atoms with E-state index in [9.17, 15) is 13.6 Å². The van der Waals surface area contributed by atoms with E-state index in [2.05, 4.69) is 4.98 Å². The first-order valence-corrected chi connectivity index (χ1v) is 7.16. The van der Waals surface area contributed by atoms with Gasteiger partial charge in [0.05, 0.1) is 10.6 Å². The van der Waals surface area contributed by atoms with Crippen LogP contribution >= 0.6 is 11.3 Å². The summed E-state index contributed by atoms with van der Waals surface area (Å²) >= 11 is 1.15. The lowest BCUT2D eigenvalue weighted by Gasteiger charge is -2.26. The van der Waals surface area contributed by atoms with Crippen LogP contribution in [0.4, 0.5) is 8.78 Å². The Kier molecular flexibility index (Phi) is 2.97. The van der Waals surface area contributed by atoms with Crippen molar-refractivity contribution in [2.24, 2.45) is 5.41 Å². The normalized spacial score (nSPS) is 17.1. The highest BCUT2D eigenvalue weighted by Gasteiger charge is 2.34. The van der Waals surface area contributed by atoms with Crippen molar-refractivity contribution in [1.82, 2.24) is 4.98 Å². The third-order valence-electron chi connectivity index (χ3n) is 3.39. The van der Waals surface area contributed by atoms with Gasteiger partial charge in [0.2, 0.25) is 0 Å². The zero-order valence-electron chi connectivity index (χ0n) is 11.2. The fraction of sp³-hybridized carbons (Fsp3) is 0.333. The van der Waals surface area contributed by atoms with E-state index in [0.717, 1.165) is 29.5 Å². The number of carbonyl (C=O) groups excluding carboxylic acids is 1. The Balaban J connectivity index is 2.10. The molecule has 3 rings (SSSR count). The quantitative estimate of drug-likeness (QED) is 0.787. The molecule has 1 heterocycles. The molecule has 0 radical (unpaired) electrons. The van der Waals surface area contributed by atoms with Gasteiger partial charge in [0.15, 0.2) is 5.78 Å². The molecule has 1 aromatic carbocycles. The van der Waals surface area contributed by atoms with Crippen LogP contribution in [0.15, 0.2) is 18.2 Å². The molecular weight excluding hydrogens is 280 g/mol. The first-order chi connectivity index (χ1) is 9.35. The van der Waals surface area contributed by atoms with Gasteiger partial charge in [0.1, 0.15) is 16.6 Å². The van der Waals surface area contributed by atoms with Gasteiger partial charge in [-0.1, -0.05) is 13.8 Å². The second-order valence-electron chi connectivity index (χ2n) is 5.86. The lowest BCUT2D eigenvalue weighted by Crippen LogP contribution is -2.25. The second kappa shape index (κ2) is 4.45. The number of halogens is 2. The van der Waals surface area contributed by atoms with E-state index < -0.39 is 11.6 Å². The summed E-state index contributed by atoms with van der Waals surface area (Å²) in [5.74, 6) is -0.998. The zero-order valence-corrected chi connectivity index (χ0v) is 12.0. The van der Waals surface area contributed by atoms with E-state index in [-0.39, 0.29) is 16.8 Å². The molecule has 0 bridgehead atoms.